The van der Waals surface area contributed by atoms with E-state index in [2.05, 4.69) is 29.7 Å². The molecule has 0 aliphatic heterocycles. The Morgan fingerprint density at radius 1 is 1.35 bits per heavy atom. The molecular formula is C14H16N2O. The van der Waals surface area contributed by atoms with Crippen molar-refractivity contribution in [3.63, 3.8) is 0 Å². The fraction of sp³-hybridized carbons (Fsp3) is 0.286. The van der Waals surface area contributed by atoms with E-state index in [0.717, 1.165) is 18.4 Å². The van der Waals surface area contributed by atoms with Crippen LogP contribution in [-0.2, 0) is 6.42 Å². The second-order valence-electron chi connectivity index (χ2n) is 4.61. The van der Waals surface area contributed by atoms with Crippen LogP contribution in [0.5, 0.6) is 0 Å². The number of fused-ring (bicyclic) bond motifs is 1. The van der Waals surface area contributed by atoms with Gasteiger partial charge in [0.1, 0.15) is 0 Å². The molecule has 1 aromatic heterocycles. The molecule has 0 radical (unpaired) electrons. The molecule has 1 heterocycles. The average Bonchev–Trinajstić information content (AvgIpc) is 2.84. The molecule has 0 spiro atoms. The molecule has 17 heavy (non-hydrogen) atoms. The molecule has 0 saturated carbocycles. The molecule has 2 aromatic rings. The molecule has 0 fully saturated rings. The monoisotopic (exact) mass is 228 g/mol. The molecule has 0 saturated heterocycles. The van der Waals surface area contributed by atoms with E-state index in [9.17, 15) is 0 Å². The molecule has 1 aliphatic rings. The summed E-state index contributed by atoms with van der Waals surface area (Å²) in [5, 5.41) is 0. The van der Waals surface area contributed by atoms with E-state index in [0.29, 0.717) is 5.92 Å². The summed E-state index contributed by atoms with van der Waals surface area (Å²) in [5.41, 5.74) is 6.94. The van der Waals surface area contributed by atoms with Crippen LogP contribution in [0.25, 0.3) is 0 Å². The molecule has 3 heteroatoms. The predicted molar refractivity (Wildman–Crippen MR) is 66.3 cm³/mol. The minimum atomic E-state index is 0.173. The van der Waals surface area contributed by atoms with Crippen LogP contribution in [0, 0.1) is 0 Å². The van der Waals surface area contributed by atoms with Crippen molar-refractivity contribution in [1.82, 2.24) is 5.43 Å². The second kappa shape index (κ2) is 4.35. The van der Waals surface area contributed by atoms with Crippen LogP contribution in [-0.4, -0.2) is 0 Å². The molecule has 0 amide bonds. The van der Waals surface area contributed by atoms with Crippen molar-refractivity contribution in [2.45, 2.75) is 24.8 Å². The maximum absolute atomic E-state index is 5.62. The lowest BCUT2D eigenvalue weighted by Crippen LogP contribution is -2.31. The SMILES string of the molecule is NNC(CC1Cc2ccccc21)c1ccoc1. The summed E-state index contributed by atoms with van der Waals surface area (Å²) in [6.45, 7) is 0. The number of hydrazine groups is 1. The molecule has 3 N–H and O–H groups in total. The van der Waals surface area contributed by atoms with Gasteiger partial charge in [-0.15, -0.1) is 0 Å². The number of nitrogens with one attached hydrogen (secondary N) is 1. The highest BCUT2D eigenvalue weighted by Gasteiger charge is 2.28. The van der Waals surface area contributed by atoms with Gasteiger partial charge in [-0.2, -0.15) is 0 Å². The molecule has 88 valence electrons. The zero-order valence-electron chi connectivity index (χ0n) is 9.60. The maximum Gasteiger partial charge on any atom is 0.0950 e. The third kappa shape index (κ3) is 1.88. The van der Waals surface area contributed by atoms with Gasteiger partial charge in [-0.25, -0.2) is 0 Å². The van der Waals surface area contributed by atoms with Crippen molar-refractivity contribution < 1.29 is 4.42 Å². The summed E-state index contributed by atoms with van der Waals surface area (Å²) in [6.07, 6.45) is 5.63. The number of benzene rings is 1. The lowest BCUT2D eigenvalue weighted by atomic mass is 9.74. The summed E-state index contributed by atoms with van der Waals surface area (Å²) in [7, 11) is 0. The smallest absolute Gasteiger partial charge is 0.0950 e. The van der Waals surface area contributed by atoms with Crippen molar-refractivity contribution >= 4 is 0 Å². The van der Waals surface area contributed by atoms with E-state index < -0.39 is 0 Å². The van der Waals surface area contributed by atoms with E-state index in [1.165, 1.54) is 11.1 Å². The average molecular weight is 228 g/mol. The first kappa shape index (κ1) is 10.6. The van der Waals surface area contributed by atoms with E-state index in [-0.39, 0.29) is 6.04 Å². The van der Waals surface area contributed by atoms with Crippen LogP contribution in [0.3, 0.4) is 0 Å². The molecule has 2 atom stereocenters. The van der Waals surface area contributed by atoms with Gasteiger partial charge in [0, 0.05) is 11.6 Å². The Kier molecular flexibility index (Phi) is 2.71. The lowest BCUT2D eigenvalue weighted by molar-refractivity contribution is 0.431. The summed E-state index contributed by atoms with van der Waals surface area (Å²) in [5.74, 6) is 6.23. The van der Waals surface area contributed by atoms with Gasteiger partial charge in [-0.05, 0) is 36.0 Å². The Labute approximate surface area is 101 Å². The Hall–Kier alpha value is -1.58. The normalized spacial score (nSPS) is 19.5. The van der Waals surface area contributed by atoms with Crippen LogP contribution in [0.4, 0.5) is 0 Å². The summed E-state index contributed by atoms with van der Waals surface area (Å²) in [4.78, 5) is 0. The van der Waals surface area contributed by atoms with Crippen molar-refractivity contribution in [3.8, 4) is 0 Å². The first-order chi connectivity index (χ1) is 8.38. The zero-order valence-corrected chi connectivity index (χ0v) is 9.60. The summed E-state index contributed by atoms with van der Waals surface area (Å²) >= 11 is 0. The highest BCUT2D eigenvalue weighted by Crippen LogP contribution is 2.40. The number of rotatable bonds is 4. The standard InChI is InChI=1S/C14H16N2O/c15-16-14(11-5-6-17-9-11)8-12-7-10-3-1-2-4-13(10)12/h1-6,9,12,14,16H,7-8,15H2. The number of hydrogen-bond donors (Lipinski definition) is 2. The Balaban J connectivity index is 1.73. The number of hydrogen-bond acceptors (Lipinski definition) is 3. The fourth-order valence-electron chi connectivity index (χ4n) is 2.63. The first-order valence-corrected chi connectivity index (χ1v) is 5.94. The molecular weight excluding hydrogens is 212 g/mol. The van der Waals surface area contributed by atoms with Crippen molar-refractivity contribution in [2.75, 3.05) is 0 Å². The zero-order chi connectivity index (χ0) is 11.7. The third-order valence-electron chi connectivity index (χ3n) is 3.63. The second-order valence-corrected chi connectivity index (χ2v) is 4.61. The third-order valence-corrected chi connectivity index (χ3v) is 3.63. The first-order valence-electron chi connectivity index (χ1n) is 5.94. The highest BCUT2D eigenvalue weighted by molar-refractivity contribution is 5.40. The Morgan fingerprint density at radius 2 is 2.24 bits per heavy atom. The van der Waals surface area contributed by atoms with Crippen LogP contribution < -0.4 is 11.3 Å². The Morgan fingerprint density at radius 3 is 2.94 bits per heavy atom. The Bertz CT molecular complexity index is 493. The summed E-state index contributed by atoms with van der Waals surface area (Å²) < 4.78 is 5.10. The largest absolute Gasteiger partial charge is 0.472 e. The van der Waals surface area contributed by atoms with Gasteiger partial charge in [-0.3, -0.25) is 11.3 Å². The quantitative estimate of drug-likeness (QED) is 0.624. The van der Waals surface area contributed by atoms with Gasteiger partial charge in [0.2, 0.25) is 0 Å². The highest BCUT2D eigenvalue weighted by atomic mass is 16.3. The van der Waals surface area contributed by atoms with Gasteiger partial charge in [-0.1, -0.05) is 24.3 Å². The topological polar surface area (TPSA) is 51.2 Å². The lowest BCUT2D eigenvalue weighted by Gasteiger charge is -2.32. The molecule has 2 unspecified atom stereocenters. The van der Waals surface area contributed by atoms with Crippen LogP contribution in [0.2, 0.25) is 0 Å². The van der Waals surface area contributed by atoms with Crippen molar-refractivity contribution in [2.24, 2.45) is 5.84 Å². The van der Waals surface area contributed by atoms with Crippen molar-refractivity contribution in [3.05, 3.63) is 59.5 Å². The molecule has 3 nitrogen and oxygen atoms in total. The van der Waals surface area contributed by atoms with Gasteiger partial charge < -0.3 is 4.42 Å². The van der Waals surface area contributed by atoms with Crippen LogP contribution in [0.1, 0.15) is 35.1 Å². The molecule has 1 aromatic carbocycles. The van der Waals surface area contributed by atoms with Gasteiger partial charge in [0.05, 0.1) is 12.5 Å². The summed E-state index contributed by atoms with van der Waals surface area (Å²) in [6, 6.07) is 10.8. The number of nitrogens with two attached hydrogens (primary N) is 1. The maximum atomic E-state index is 5.62. The minimum Gasteiger partial charge on any atom is -0.472 e. The van der Waals surface area contributed by atoms with E-state index in [1.807, 2.05) is 6.07 Å². The molecule has 3 rings (SSSR count). The predicted octanol–water partition coefficient (Wildman–Crippen LogP) is 2.51. The van der Waals surface area contributed by atoms with Crippen LogP contribution >= 0.6 is 0 Å². The van der Waals surface area contributed by atoms with Gasteiger partial charge in [0.25, 0.3) is 0 Å². The van der Waals surface area contributed by atoms with Gasteiger partial charge >= 0.3 is 0 Å². The molecule has 1 aliphatic carbocycles. The van der Waals surface area contributed by atoms with E-state index >= 15 is 0 Å². The number of furan rings is 1. The van der Waals surface area contributed by atoms with Gasteiger partial charge in [0.15, 0.2) is 0 Å². The minimum absolute atomic E-state index is 0.173. The fourth-order valence-corrected chi connectivity index (χ4v) is 2.63. The molecule has 0 bridgehead atoms. The van der Waals surface area contributed by atoms with Crippen LogP contribution in [0.15, 0.2) is 47.3 Å². The van der Waals surface area contributed by atoms with Crippen molar-refractivity contribution in [1.29, 1.82) is 0 Å². The van der Waals surface area contributed by atoms with E-state index in [1.54, 1.807) is 12.5 Å². The van der Waals surface area contributed by atoms with E-state index in [4.69, 9.17) is 10.3 Å².